The zero-order valence-electron chi connectivity index (χ0n) is 15.2. The van der Waals surface area contributed by atoms with Crippen molar-refractivity contribution in [2.75, 3.05) is 26.7 Å². The lowest BCUT2D eigenvalue weighted by Crippen LogP contribution is -2.41. The van der Waals surface area contributed by atoms with Gasteiger partial charge in [0.1, 0.15) is 11.5 Å². The third-order valence-electron chi connectivity index (χ3n) is 4.74. The van der Waals surface area contributed by atoms with Crippen molar-refractivity contribution in [3.05, 3.63) is 47.5 Å². The number of para-hydroxylation sites is 1. The second-order valence-electron chi connectivity index (χ2n) is 6.56. The summed E-state index contributed by atoms with van der Waals surface area (Å²) >= 11 is 0. The van der Waals surface area contributed by atoms with Crippen molar-refractivity contribution < 1.29 is 22.4 Å². The third kappa shape index (κ3) is 4.47. The molecule has 154 valence electrons. The number of piperidine rings is 1. The molecule has 10 heteroatoms. The molecule has 0 saturated carbocycles. The lowest BCUT2D eigenvalue weighted by Gasteiger charge is -2.32. The number of alkyl halides is 3. The number of aromatic nitrogens is 2. The first-order valence-corrected chi connectivity index (χ1v) is 8.67. The molecule has 0 aliphatic carbocycles. The fourth-order valence-electron chi connectivity index (χ4n) is 3.38. The maximum Gasteiger partial charge on any atom is 0.434 e. The lowest BCUT2D eigenvalue weighted by atomic mass is 9.96. The number of rotatable bonds is 4. The van der Waals surface area contributed by atoms with Crippen LogP contribution in [0, 0.1) is 11.7 Å². The molecule has 0 radical (unpaired) electrons. The molecule has 2 heterocycles. The van der Waals surface area contributed by atoms with Crippen molar-refractivity contribution in [1.29, 1.82) is 0 Å². The highest BCUT2D eigenvalue weighted by Gasteiger charge is 2.42. The Bertz CT molecular complexity index is 816. The largest absolute Gasteiger partial charge is 0.434 e. The number of hydrogen-bond donors (Lipinski definition) is 1. The second kappa shape index (κ2) is 8.91. The highest BCUT2D eigenvalue weighted by atomic mass is 35.5. The van der Waals surface area contributed by atoms with Crippen LogP contribution < -0.4 is 5.32 Å². The van der Waals surface area contributed by atoms with Gasteiger partial charge in [-0.1, -0.05) is 12.1 Å². The van der Waals surface area contributed by atoms with E-state index in [1.165, 1.54) is 23.1 Å². The quantitative estimate of drug-likeness (QED) is 0.770. The van der Waals surface area contributed by atoms with E-state index in [0.717, 1.165) is 31.6 Å². The van der Waals surface area contributed by atoms with Crippen LogP contribution in [0.15, 0.2) is 30.5 Å². The first-order chi connectivity index (χ1) is 12.8. The van der Waals surface area contributed by atoms with Gasteiger partial charge in [-0.3, -0.25) is 4.79 Å². The number of likely N-dealkylation sites (tertiary alicyclic amines) is 1. The standard InChI is InChI=1S/C18H20F4N4O.ClH/c1-23-10-12-6-8-25(9-7-12)17(27)13-11-24-26(16(13)18(20,21)22)15-5-3-2-4-14(15)19;/h2-5,11-12,23H,6-10H2,1H3;1H. The lowest BCUT2D eigenvalue weighted by molar-refractivity contribution is -0.143. The first kappa shape index (κ1) is 22.2. The van der Waals surface area contributed by atoms with Crippen molar-refractivity contribution in [3.8, 4) is 5.69 Å². The molecule has 28 heavy (non-hydrogen) atoms. The summed E-state index contributed by atoms with van der Waals surface area (Å²) in [4.78, 5) is 14.1. The molecule has 2 aromatic rings. The summed E-state index contributed by atoms with van der Waals surface area (Å²) in [5.74, 6) is -1.19. The predicted molar refractivity (Wildman–Crippen MR) is 98.3 cm³/mol. The summed E-state index contributed by atoms with van der Waals surface area (Å²) in [5, 5.41) is 6.74. The van der Waals surface area contributed by atoms with Gasteiger partial charge in [0.2, 0.25) is 0 Å². The average Bonchev–Trinajstić information content (AvgIpc) is 3.08. The molecular formula is C18H21ClF4N4O. The zero-order chi connectivity index (χ0) is 19.6. The number of nitrogens with one attached hydrogen (secondary N) is 1. The Morgan fingerprint density at radius 3 is 2.46 bits per heavy atom. The molecule has 0 bridgehead atoms. The van der Waals surface area contributed by atoms with E-state index >= 15 is 0 Å². The van der Waals surface area contributed by atoms with Crippen LogP contribution >= 0.6 is 12.4 Å². The van der Waals surface area contributed by atoms with Gasteiger partial charge in [0.25, 0.3) is 5.91 Å². The molecule has 0 spiro atoms. The number of carbonyl (C=O) groups is 1. The van der Waals surface area contributed by atoms with Crippen LogP contribution in [-0.4, -0.2) is 47.3 Å². The van der Waals surface area contributed by atoms with E-state index < -0.39 is 29.2 Å². The SMILES string of the molecule is CNCC1CCN(C(=O)c2cnn(-c3ccccc3F)c2C(F)(F)F)CC1.Cl. The van der Waals surface area contributed by atoms with Crippen molar-refractivity contribution in [2.45, 2.75) is 19.0 Å². The second-order valence-corrected chi connectivity index (χ2v) is 6.56. The molecule has 0 atom stereocenters. The summed E-state index contributed by atoms with van der Waals surface area (Å²) in [6.45, 7) is 1.57. The third-order valence-corrected chi connectivity index (χ3v) is 4.74. The van der Waals surface area contributed by atoms with Gasteiger partial charge >= 0.3 is 6.18 Å². The maximum absolute atomic E-state index is 14.0. The number of halogens is 5. The molecule has 1 fully saturated rings. The first-order valence-electron chi connectivity index (χ1n) is 8.67. The van der Waals surface area contributed by atoms with Gasteiger partial charge in [-0.05, 0) is 44.5 Å². The number of carbonyl (C=O) groups excluding carboxylic acids is 1. The monoisotopic (exact) mass is 420 g/mol. The molecular weight excluding hydrogens is 400 g/mol. The molecule has 0 unspecified atom stereocenters. The Kier molecular flexibility index (Phi) is 7.06. The minimum Gasteiger partial charge on any atom is -0.339 e. The summed E-state index contributed by atoms with van der Waals surface area (Å²) in [7, 11) is 1.84. The molecule has 5 nitrogen and oxygen atoms in total. The van der Waals surface area contributed by atoms with Gasteiger partial charge in [0, 0.05) is 13.1 Å². The topological polar surface area (TPSA) is 50.2 Å². The van der Waals surface area contributed by atoms with Crippen LogP contribution in [0.5, 0.6) is 0 Å². The maximum atomic E-state index is 14.0. The van der Waals surface area contributed by atoms with Crippen LogP contribution in [0.2, 0.25) is 0 Å². The fraction of sp³-hybridized carbons (Fsp3) is 0.444. The summed E-state index contributed by atoms with van der Waals surface area (Å²) < 4.78 is 55.5. The molecule has 1 aromatic carbocycles. The van der Waals surface area contributed by atoms with Gasteiger partial charge in [-0.25, -0.2) is 9.07 Å². The van der Waals surface area contributed by atoms with Crippen molar-refractivity contribution in [3.63, 3.8) is 0 Å². The molecule has 1 aliphatic rings. The Hall–Kier alpha value is -2.13. The Morgan fingerprint density at radius 2 is 1.89 bits per heavy atom. The molecule has 1 aromatic heterocycles. The number of hydrogen-bond acceptors (Lipinski definition) is 3. The average molecular weight is 421 g/mol. The van der Waals surface area contributed by atoms with Crippen LogP contribution in [0.4, 0.5) is 17.6 Å². The van der Waals surface area contributed by atoms with Crippen LogP contribution in [0.1, 0.15) is 28.9 Å². The van der Waals surface area contributed by atoms with Crippen molar-refractivity contribution in [1.82, 2.24) is 20.0 Å². The Labute approximate surface area is 166 Å². The van der Waals surface area contributed by atoms with Gasteiger partial charge in [-0.15, -0.1) is 12.4 Å². The molecule has 1 aliphatic heterocycles. The normalized spacial score (nSPS) is 15.4. The molecule has 1 N–H and O–H groups in total. The van der Waals surface area contributed by atoms with Crippen LogP contribution in [0.3, 0.4) is 0 Å². The molecule has 3 rings (SSSR count). The highest BCUT2D eigenvalue weighted by Crippen LogP contribution is 2.35. The summed E-state index contributed by atoms with van der Waals surface area (Å²) in [6.07, 6.45) is -2.55. The fourth-order valence-corrected chi connectivity index (χ4v) is 3.38. The smallest absolute Gasteiger partial charge is 0.339 e. The van der Waals surface area contributed by atoms with E-state index in [-0.39, 0.29) is 18.1 Å². The number of benzene rings is 1. The van der Waals surface area contributed by atoms with E-state index in [4.69, 9.17) is 0 Å². The van der Waals surface area contributed by atoms with Crippen LogP contribution in [-0.2, 0) is 6.18 Å². The van der Waals surface area contributed by atoms with E-state index in [0.29, 0.717) is 23.7 Å². The summed E-state index contributed by atoms with van der Waals surface area (Å²) in [5.41, 5.74) is -2.16. The van der Waals surface area contributed by atoms with Gasteiger partial charge in [0.05, 0.1) is 11.8 Å². The minimum absolute atomic E-state index is 0. The van der Waals surface area contributed by atoms with E-state index in [2.05, 4.69) is 10.4 Å². The molecule has 1 amide bonds. The van der Waals surface area contributed by atoms with Gasteiger partial charge in [-0.2, -0.15) is 18.3 Å². The number of amides is 1. The highest BCUT2D eigenvalue weighted by molar-refractivity contribution is 5.95. The number of nitrogens with zero attached hydrogens (tertiary/aromatic N) is 3. The van der Waals surface area contributed by atoms with Crippen molar-refractivity contribution in [2.24, 2.45) is 5.92 Å². The van der Waals surface area contributed by atoms with Crippen molar-refractivity contribution >= 4 is 18.3 Å². The van der Waals surface area contributed by atoms with E-state index in [1.54, 1.807) is 0 Å². The van der Waals surface area contributed by atoms with Gasteiger partial charge in [0.15, 0.2) is 5.69 Å². The minimum atomic E-state index is -4.85. The Morgan fingerprint density at radius 1 is 1.25 bits per heavy atom. The Balaban J connectivity index is 0.00000280. The molecule has 1 saturated heterocycles. The summed E-state index contributed by atoms with van der Waals surface area (Å²) in [6, 6.07) is 5.02. The van der Waals surface area contributed by atoms with E-state index in [1.807, 2.05) is 7.05 Å². The van der Waals surface area contributed by atoms with Gasteiger partial charge < -0.3 is 10.2 Å². The van der Waals surface area contributed by atoms with E-state index in [9.17, 15) is 22.4 Å². The zero-order valence-corrected chi connectivity index (χ0v) is 16.0. The van der Waals surface area contributed by atoms with Crippen LogP contribution in [0.25, 0.3) is 5.69 Å². The predicted octanol–water partition coefficient (Wildman–Crippen LogP) is 3.52.